The van der Waals surface area contributed by atoms with E-state index in [1.807, 2.05) is 54.9 Å². The lowest BCUT2D eigenvalue weighted by atomic mass is 10.1. The van der Waals surface area contributed by atoms with Crippen LogP contribution < -0.4 is 5.43 Å². The molecule has 1 aromatic heterocycles. The Balaban J connectivity index is 1.66. The molecule has 4 nitrogen and oxygen atoms in total. The Bertz CT molecular complexity index is 904. The molecule has 0 saturated carbocycles. The second-order valence-electron chi connectivity index (χ2n) is 5.22. The number of aromatic amines is 1. The molecule has 0 spiro atoms. The number of hydrogen-bond donors (Lipinski definition) is 2. The van der Waals surface area contributed by atoms with Crippen molar-refractivity contribution in [2.75, 3.05) is 6.26 Å². The molecule has 0 saturated heterocycles. The van der Waals surface area contributed by atoms with Crippen LogP contribution in [-0.4, -0.2) is 23.4 Å². The molecule has 0 aliphatic heterocycles. The molecule has 2 aromatic carbocycles. The van der Waals surface area contributed by atoms with Gasteiger partial charge in [0.15, 0.2) is 0 Å². The van der Waals surface area contributed by atoms with Gasteiger partial charge in [-0.25, -0.2) is 5.43 Å². The van der Waals surface area contributed by atoms with Crippen LogP contribution in [0.25, 0.3) is 10.9 Å². The molecule has 0 bridgehead atoms. The van der Waals surface area contributed by atoms with Crippen molar-refractivity contribution in [2.24, 2.45) is 5.10 Å². The predicted molar refractivity (Wildman–Crippen MR) is 101 cm³/mol. The van der Waals surface area contributed by atoms with Gasteiger partial charge in [-0.15, -0.1) is 11.8 Å². The van der Waals surface area contributed by atoms with Gasteiger partial charge in [0, 0.05) is 32.6 Å². The van der Waals surface area contributed by atoms with Crippen LogP contribution in [0.15, 0.2) is 58.7 Å². The monoisotopic (exact) mass is 357 g/mol. The fourth-order valence-corrected chi connectivity index (χ4v) is 3.26. The number of rotatable bonds is 5. The third-order valence-electron chi connectivity index (χ3n) is 3.61. The van der Waals surface area contributed by atoms with Crippen molar-refractivity contribution < 1.29 is 4.79 Å². The number of benzene rings is 2. The lowest BCUT2D eigenvalue weighted by Gasteiger charge is -2.06. The van der Waals surface area contributed by atoms with E-state index in [0.717, 1.165) is 26.9 Å². The molecule has 0 aliphatic carbocycles. The molecule has 0 fully saturated rings. The number of hydrazone groups is 1. The lowest BCUT2D eigenvalue weighted by molar-refractivity contribution is -0.120. The van der Waals surface area contributed by atoms with Crippen molar-refractivity contribution in [2.45, 2.75) is 11.3 Å². The number of halogens is 1. The fourth-order valence-electron chi connectivity index (χ4n) is 2.47. The molecule has 0 aliphatic rings. The molecule has 24 heavy (non-hydrogen) atoms. The van der Waals surface area contributed by atoms with E-state index in [1.165, 1.54) is 0 Å². The van der Waals surface area contributed by atoms with E-state index in [-0.39, 0.29) is 12.3 Å². The largest absolute Gasteiger partial charge is 0.361 e. The van der Waals surface area contributed by atoms with Gasteiger partial charge in [-0.05, 0) is 36.1 Å². The van der Waals surface area contributed by atoms with Crippen LogP contribution in [0.3, 0.4) is 0 Å². The Hall–Kier alpha value is -2.24. The molecule has 2 N–H and O–H groups in total. The standard InChI is InChI=1S/C18H16ClN3OS/c1-24-17-7-6-14(19)8-12(17)9-18(23)22-21-11-13-10-20-16-5-3-2-4-15(13)16/h2-8,10-11,20H,9H2,1H3,(H,22,23)/b21-11-. The zero-order chi connectivity index (χ0) is 16.9. The van der Waals surface area contributed by atoms with Gasteiger partial charge >= 0.3 is 0 Å². The topological polar surface area (TPSA) is 57.2 Å². The van der Waals surface area contributed by atoms with E-state index >= 15 is 0 Å². The molecule has 3 rings (SSSR count). The van der Waals surface area contributed by atoms with Gasteiger partial charge in [0.1, 0.15) is 0 Å². The van der Waals surface area contributed by atoms with Crippen LogP contribution in [0, 0.1) is 0 Å². The molecular weight excluding hydrogens is 342 g/mol. The summed E-state index contributed by atoms with van der Waals surface area (Å²) in [7, 11) is 0. The average molecular weight is 358 g/mol. The van der Waals surface area contributed by atoms with E-state index in [0.29, 0.717) is 5.02 Å². The van der Waals surface area contributed by atoms with Crippen LogP contribution in [0.4, 0.5) is 0 Å². The number of nitrogens with one attached hydrogen (secondary N) is 2. The Labute approximate surface area is 149 Å². The van der Waals surface area contributed by atoms with Crippen molar-refractivity contribution >= 4 is 46.4 Å². The van der Waals surface area contributed by atoms with Crippen molar-refractivity contribution in [3.63, 3.8) is 0 Å². The number of amides is 1. The molecule has 0 atom stereocenters. The van der Waals surface area contributed by atoms with Crippen molar-refractivity contribution in [1.82, 2.24) is 10.4 Å². The highest BCUT2D eigenvalue weighted by atomic mass is 35.5. The summed E-state index contributed by atoms with van der Waals surface area (Å²) in [6.07, 6.45) is 5.72. The summed E-state index contributed by atoms with van der Waals surface area (Å²) in [6.45, 7) is 0. The molecule has 122 valence electrons. The number of para-hydroxylation sites is 1. The zero-order valence-corrected chi connectivity index (χ0v) is 14.6. The Morgan fingerprint density at radius 3 is 3.00 bits per heavy atom. The van der Waals surface area contributed by atoms with Gasteiger partial charge in [-0.1, -0.05) is 29.8 Å². The number of carbonyl (C=O) groups is 1. The van der Waals surface area contributed by atoms with E-state index in [1.54, 1.807) is 18.0 Å². The number of thioether (sulfide) groups is 1. The SMILES string of the molecule is CSc1ccc(Cl)cc1CC(=O)N/N=C\c1c[nH]c2ccccc12. The predicted octanol–water partition coefficient (Wildman–Crippen LogP) is 4.24. The van der Waals surface area contributed by atoms with Gasteiger partial charge in [0.25, 0.3) is 0 Å². The first-order chi connectivity index (χ1) is 11.7. The number of nitrogens with zero attached hydrogens (tertiary/aromatic N) is 1. The molecule has 3 aromatic rings. The number of H-pyrrole nitrogens is 1. The minimum atomic E-state index is -0.177. The van der Waals surface area contributed by atoms with E-state index < -0.39 is 0 Å². The summed E-state index contributed by atoms with van der Waals surface area (Å²) in [6, 6.07) is 13.5. The minimum Gasteiger partial charge on any atom is -0.361 e. The maximum atomic E-state index is 12.1. The minimum absolute atomic E-state index is 0.177. The fraction of sp³-hybridized carbons (Fsp3) is 0.111. The molecule has 0 radical (unpaired) electrons. The Morgan fingerprint density at radius 2 is 2.17 bits per heavy atom. The Morgan fingerprint density at radius 1 is 1.33 bits per heavy atom. The molecule has 1 amide bonds. The maximum Gasteiger partial charge on any atom is 0.244 e. The average Bonchev–Trinajstić information content (AvgIpc) is 2.98. The van der Waals surface area contributed by atoms with Crippen LogP contribution >= 0.6 is 23.4 Å². The first-order valence-corrected chi connectivity index (χ1v) is 8.98. The number of fused-ring (bicyclic) bond motifs is 1. The Kier molecular flexibility index (Phi) is 5.23. The summed E-state index contributed by atoms with van der Waals surface area (Å²) in [4.78, 5) is 16.3. The molecule has 0 unspecified atom stereocenters. The smallest absolute Gasteiger partial charge is 0.244 e. The van der Waals surface area contributed by atoms with Crippen LogP contribution in [0.5, 0.6) is 0 Å². The second-order valence-corrected chi connectivity index (χ2v) is 6.50. The van der Waals surface area contributed by atoms with Gasteiger partial charge in [0.05, 0.1) is 12.6 Å². The van der Waals surface area contributed by atoms with Gasteiger partial charge < -0.3 is 4.98 Å². The summed E-state index contributed by atoms with van der Waals surface area (Å²) >= 11 is 7.60. The van der Waals surface area contributed by atoms with Crippen molar-refractivity contribution in [1.29, 1.82) is 0 Å². The van der Waals surface area contributed by atoms with Crippen LogP contribution in [-0.2, 0) is 11.2 Å². The van der Waals surface area contributed by atoms with Crippen molar-refractivity contribution in [3.8, 4) is 0 Å². The van der Waals surface area contributed by atoms with Crippen LogP contribution in [0.1, 0.15) is 11.1 Å². The van der Waals surface area contributed by atoms with Crippen molar-refractivity contribution in [3.05, 3.63) is 64.8 Å². The summed E-state index contributed by atoms with van der Waals surface area (Å²) in [5.74, 6) is -0.177. The summed E-state index contributed by atoms with van der Waals surface area (Å²) < 4.78 is 0. The highest BCUT2D eigenvalue weighted by molar-refractivity contribution is 7.98. The third kappa shape index (κ3) is 3.80. The maximum absolute atomic E-state index is 12.1. The second kappa shape index (κ2) is 7.55. The summed E-state index contributed by atoms with van der Waals surface area (Å²) in [5, 5.41) is 5.74. The quantitative estimate of drug-likeness (QED) is 0.407. The lowest BCUT2D eigenvalue weighted by Crippen LogP contribution is -2.20. The highest BCUT2D eigenvalue weighted by Crippen LogP contribution is 2.24. The zero-order valence-electron chi connectivity index (χ0n) is 13.0. The van der Waals surface area contributed by atoms with Crippen LogP contribution in [0.2, 0.25) is 5.02 Å². The van der Waals surface area contributed by atoms with E-state index in [9.17, 15) is 4.79 Å². The number of aromatic nitrogens is 1. The highest BCUT2D eigenvalue weighted by Gasteiger charge is 2.08. The normalized spacial score (nSPS) is 11.2. The first kappa shape index (κ1) is 16.6. The number of carbonyl (C=O) groups excluding carboxylic acids is 1. The number of hydrogen-bond acceptors (Lipinski definition) is 3. The van der Waals surface area contributed by atoms with E-state index in [2.05, 4.69) is 15.5 Å². The molecule has 6 heteroatoms. The molecule has 1 heterocycles. The summed E-state index contributed by atoms with van der Waals surface area (Å²) in [5.41, 5.74) is 5.43. The molecular formula is C18H16ClN3OS. The van der Waals surface area contributed by atoms with Gasteiger partial charge in [-0.3, -0.25) is 4.79 Å². The first-order valence-electron chi connectivity index (χ1n) is 7.38. The van der Waals surface area contributed by atoms with E-state index in [4.69, 9.17) is 11.6 Å². The van der Waals surface area contributed by atoms with Gasteiger partial charge in [0.2, 0.25) is 5.91 Å². The van der Waals surface area contributed by atoms with Gasteiger partial charge in [-0.2, -0.15) is 5.10 Å². The third-order valence-corrected chi connectivity index (χ3v) is 4.68.